The van der Waals surface area contributed by atoms with Crippen LogP contribution in [0.25, 0.3) is 0 Å². The Kier molecular flexibility index (Phi) is 8.26. The van der Waals surface area contributed by atoms with E-state index < -0.39 is 12.1 Å². The quantitative estimate of drug-likeness (QED) is 0.647. The third-order valence-electron chi connectivity index (χ3n) is 3.13. The van der Waals surface area contributed by atoms with Crippen LogP contribution in [0.4, 0.5) is 0 Å². The fraction of sp³-hybridized carbons (Fsp3) is 0.556. The minimum absolute atomic E-state index is 0.116. The molecule has 0 aliphatic heterocycles. The molecule has 1 atom stereocenters. The zero-order valence-electron chi connectivity index (χ0n) is 13.7. The molecule has 0 aromatic heterocycles. The minimum Gasteiger partial charge on any atom is -0.465 e. The molecule has 0 bridgehead atoms. The van der Waals surface area contributed by atoms with Gasteiger partial charge in [-0.2, -0.15) is 0 Å². The molecule has 0 N–H and O–H groups in total. The molecule has 0 amide bonds. The van der Waals surface area contributed by atoms with E-state index in [0.717, 1.165) is 12.8 Å². The van der Waals surface area contributed by atoms with Gasteiger partial charge in [0.05, 0.1) is 18.6 Å². The molecule has 0 spiro atoms. The van der Waals surface area contributed by atoms with Gasteiger partial charge in [-0.3, -0.25) is 4.79 Å². The molecule has 1 aromatic carbocycles. The molecule has 0 heterocycles. The Morgan fingerprint density at radius 3 is 2.41 bits per heavy atom. The van der Waals surface area contributed by atoms with Crippen molar-refractivity contribution in [3.05, 3.63) is 35.9 Å². The molecule has 4 nitrogen and oxygen atoms in total. The van der Waals surface area contributed by atoms with Crippen molar-refractivity contribution < 1.29 is 19.1 Å². The van der Waals surface area contributed by atoms with E-state index in [0.29, 0.717) is 24.5 Å². The minimum atomic E-state index is -0.424. The molecule has 0 saturated heterocycles. The Balaban J connectivity index is 2.56. The lowest BCUT2D eigenvalue weighted by Crippen LogP contribution is -2.23. The number of carbonyl (C=O) groups excluding carboxylic acids is 2. The molecule has 1 aromatic rings. The predicted octanol–water partition coefficient (Wildman–Crippen LogP) is 3.99. The highest BCUT2D eigenvalue weighted by atomic mass is 16.6. The maximum atomic E-state index is 12.1. The monoisotopic (exact) mass is 306 g/mol. The summed E-state index contributed by atoms with van der Waals surface area (Å²) < 4.78 is 10.6. The summed E-state index contributed by atoms with van der Waals surface area (Å²) in [6.45, 7) is 6.42. The summed E-state index contributed by atoms with van der Waals surface area (Å²) in [5.74, 6) is -0.404. The highest BCUT2D eigenvalue weighted by Gasteiger charge is 2.20. The first-order valence-electron chi connectivity index (χ1n) is 7.94. The highest BCUT2D eigenvalue weighted by molar-refractivity contribution is 5.89. The van der Waals surface area contributed by atoms with E-state index >= 15 is 0 Å². The van der Waals surface area contributed by atoms with Crippen molar-refractivity contribution in [3.8, 4) is 0 Å². The van der Waals surface area contributed by atoms with Crippen LogP contribution in [0.3, 0.4) is 0 Å². The van der Waals surface area contributed by atoms with E-state index in [-0.39, 0.29) is 12.4 Å². The third-order valence-corrected chi connectivity index (χ3v) is 3.13. The zero-order chi connectivity index (χ0) is 16.4. The highest BCUT2D eigenvalue weighted by Crippen LogP contribution is 2.13. The molecule has 0 aliphatic carbocycles. The van der Waals surface area contributed by atoms with Gasteiger partial charge in [-0.1, -0.05) is 51.8 Å². The third kappa shape index (κ3) is 7.25. The van der Waals surface area contributed by atoms with Crippen LogP contribution in [0.15, 0.2) is 30.3 Å². The molecule has 0 aliphatic rings. The average Bonchev–Trinajstić information content (AvgIpc) is 2.51. The molecule has 1 rings (SSSR count). The second-order valence-corrected chi connectivity index (χ2v) is 5.82. The van der Waals surface area contributed by atoms with Gasteiger partial charge < -0.3 is 9.47 Å². The van der Waals surface area contributed by atoms with Crippen LogP contribution in [-0.4, -0.2) is 24.6 Å². The summed E-state index contributed by atoms with van der Waals surface area (Å²) in [5, 5.41) is 0. The number of ether oxygens (including phenoxy) is 2. The van der Waals surface area contributed by atoms with Gasteiger partial charge in [0.15, 0.2) is 0 Å². The van der Waals surface area contributed by atoms with E-state index in [2.05, 4.69) is 6.92 Å². The SMILES string of the molecule is CCCCC(CC(=O)OCC(C)C)OC(=O)c1ccccc1. The first kappa shape index (κ1) is 18.2. The Hall–Kier alpha value is -1.84. The number of benzene rings is 1. The Labute approximate surface area is 132 Å². The van der Waals surface area contributed by atoms with Crippen LogP contribution in [0.1, 0.15) is 56.8 Å². The van der Waals surface area contributed by atoms with E-state index in [1.807, 2.05) is 19.9 Å². The van der Waals surface area contributed by atoms with Crippen molar-refractivity contribution in [2.75, 3.05) is 6.61 Å². The second kappa shape index (κ2) is 9.98. The molecule has 0 fully saturated rings. The maximum Gasteiger partial charge on any atom is 0.338 e. The van der Waals surface area contributed by atoms with Gasteiger partial charge in [0, 0.05) is 0 Å². The van der Waals surface area contributed by atoms with Crippen LogP contribution < -0.4 is 0 Å². The van der Waals surface area contributed by atoms with Crippen LogP contribution in [-0.2, 0) is 14.3 Å². The zero-order valence-corrected chi connectivity index (χ0v) is 13.7. The Morgan fingerprint density at radius 1 is 1.14 bits per heavy atom. The number of esters is 2. The topological polar surface area (TPSA) is 52.6 Å². The van der Waals surface area contributed by atoms with Crippen LogP contribution in [0.5, 0.6) is 0 Å². The number of unbranched alkanes of at least 4 members (excludes halogenated alkanes) is 1. The van der Waals surface area contributed by atoms with E-state index in [4.69, 9.17) is 9.47 Å². The molecule has 0 saturated carbocycles. The smallest absolute Gasteiger partial charge is 0.338 e. The van der Waals surface area contributed by atoms with E-state index in [1.165, 1.54) is 0 Å². The number of carbonyl (C=O) groups is 2. The molecule has 4 heteroatoms. The summed E-state index contributed by atoms with van der Waals surface area (Å²) in [5.41, 5.74) is 0.500. The van der Waals surface area contributed by atoms with Crippen molar-refractivity contribution in [2.24, 2.45) is 5.92 Å². The molecule has 122 valence electrons. The second-order valence-electron chi connectivity index (χ2n) is 5.82. The molecular formula is C18H26O4. The van der Waals surface area contributed by atoms with Crippen LogP contribution in [0.2, 0.25) is 0 Å². The lowest BCUT2D eigenvalue weighted by Gasteiger charge is -2.17. The van der Waals surface area contributed by atoms with Gasteiger partial charge >= 0.3 is 11.9 Å². The Morgan fingerprint density at radius 2 is 1.82 bits per heavy atom. The fourth-order valence-corrected chi connectivity index (χ4v) is 1.93. The number of hydrogen-bond donors (Lipinski definition) is 0. The maximum absolute atomic E-state index is 12.1. The largest absolute Gasteiger partial charge is 0.465 e. The van der Waals surface area contributed by atoms with Crippen molar-refractivity contribution in [3.63, 3.8) is 0 Å². The lowest BCUT2D eigenvalue weighted by atomic mass is 10.1. The summed E-state index contributed by atoms with van der Waals surface area (Å²) in [4.78, 5) is 23.9. The van der Waals surface area contributed by atoms with Gasteiger partial charge in [-0.15, -0.1) is 0 Å². The summed E-state index contributed by atoms with van der Waals surface area (Å²) in [7, 11) is 0. The number of hydrogen-bond acceptors (Lipinski definition) is 4. The van der Waals surface area contributed by atoms with Crippen LogP contribution in [0, 0.1) is 5.92 Å². The van der Waals surface area contributed by atoms with Gasteiger partial charge in [0.25, 0.3) is 0 Å². The van der Waals surface area contributed by atoms with Crippen molar-refractivity contribution in [1.29, 1.82) is 0 Å². The average molecular weight is 306 g/mol. The normalized spacial score (nSPS) is 12.0. The van der Waals surface area contributed by atoms with Crippen molar-refractivity contribution in [1.82, 2.24) is 0 Å². The summed E-state index contributed by atoms with van der Waals surface area (Å²) in [6.07, 6.45) is 2.26. The van der Waals surface area contributed by atoms with Gasteiger partial charge in [0.1, 0.15) is 6.10 Å². The Bertz CT molecular complexity index is 453. The van der Waals surface area contributed by atoms with Gasteiger partial charge in [-0.25, -0.2) is 4.79 Å². The molecule has 0 radical (unpaired) electrons. The molecule has 1 unspecified atom stereocenters. The first-order chi connectivity index (χ1) is 10.5. The fourth-order valence-electron chi connectivity index (χ4n) is 1.93. The van der Waals surface area contributed by atoms with E-state index in [1.54, 1.807) is 24.3 Å². The van der Waals surface area contributed by atoms with Crippen molar-refractivity contribution >= 4 is 11.9 Å². The molecule has 22 heavy (non-hydrogen) atoms. The lowest BCUT2D eigenvalue weighted by molar-refractivity contribution is -0.147. The van der Waals surface area contributed by atoms with Gasteiger partial charge in [-0.05, 0) is 24.5 Å². The standard InChI is InChI=1S/C18H26O4/c1-4-5-11-16(12-17(19)21-13-14(2)3)22-18(20)15-9-7-6-8-10-15/h6-10,14,16H,4-5,11-13H2,1-3H3. The van der Waals surface area contributed by atoms with E-state index in [9.17, 15) is 9.59 Å². The summed E-state index contributed by atoms with van der Waals surface area (Å²) >= 11 is 0. The van der Waals surface area contributed by atoms with Crippen molar-refractivity contribution in [2.45, 2.75) is 52.6 Å². The first-order valence-corrected chi connectivity index (χ1v) is 7.94. The summed E-state index contributed by atoms with van der Waals surface area (Å²) in [6, 6.07) is 8.82. The van der Waals surface area contributed by atoms with Crippen LogP contribution >= 0.6 is 0 Å². The predicted molar refractivity (Wildman–Crippen MR) is 85.6 cm³/mol. The molecular weight excluding hydrogens is 280 g/mol. The number of rotatable bonds is 9. The van der Waals surface area contributed by atoms with Gasteiger partial charge in [0.2, 0.25) is 0 Å².